The molecule has 1 atom stereocenters. The molecule has 0 saturated heterocycles. The van der Waals surface area contributed by atoms with Crippen LogP contribution in [0.15, 0.2) is 30.6 Å². The van der Waals surface area contributed by atoms with Crippen molar-refractivity contribution in [3.63, 3.8) is 0 Å². The van der Waals surface area contributed by atoms with Crippen LogP contribution in [0, 0.1) is 6.92 Å². The van der Waals surface area contributed by atoms with Crippen LogP contribution in [0.4, 0.5) is 0 Å². The van der Waals surface area contributed by atoms with Gasteiger partial charge in [0.05, 0.1) is 6.20 Å². The van der Waals surface area contributed by atoms with E-state index in [0.717, 1.165) is 16.7 Å². The van der Waals surface area contributed by atoms with Crippen molar-refractivity contribution in [3.05, 3.63) is 52.3 Å². The van der Waals surface area contributed by atoms with Crippen LogP contribution in [0.3, 0.4) is 0 Å². The Hall–Kier alpha value is -1.32. The van der Waals surface area contributed by atoms with Gasteiger partial charge in [-0.05, 0) is 30.2 Å². The highest BCUT2D eigenvalue weighted by Crippen LogP contribution is 2.26. The normalized spacial score (nSPS) is 12.8. The topological polar surface area (TPSA) is 38.1 Å². The van der Waals surface area contributed by atoms with E-state index in [9.17, 15) is 5.11 Å². The quantitative estimate of drug-likeness (QED) is 0.870. The van der Waals surface area contributed by atoms with Crippen LogP contribution in [0.5, 0.6) is 0 Å². The Bertz CT molecular complexity index is 507. The minimum absolute atomic E-state index is 0.628. The van der Waals surface area contributed by atoms with Gasteiger partial charge in [-0.1, -0.05) is 17.7 Å². The number of aliphatic hydroxyl groups excluding tert-OH is 1. The van der Waals surface area contributed by atoms with E-state index in [2.05, 4.69) is 5.10 Å². The molecule has 0 aliphatic rings. The third-order valence-electron chi connectivity index (χ3n) is 2.58. The van der Waals surface area contributed by atoms with Crippen LogP contribution < -0.4 is 0 Å². The number of rotatable bonds is 2. The van der Waals surface area contributed by atoms with E-state index in [0.29, 0.717) is 5.02 Å². The van der Waals surface area contributed by atoms with Crippen molar-refractivity contribution in [3.8, 4) is 0 Å². The van der Waals surface area contributed by atoms with Gasteiger partial charge in [0, 0.05) is 23.8 Å². The Labute approximate surface area is 99.3 Å². The zero-order valence-corrected chi connectivity index (χ0v) is 9.94. The Kier molecular flexibility index (Phi) is 2.99. The number of halogens is 1. The van der Waals surface area contributed by atoms with E-state index in [-0.39, 0.29) is 0 Å². The van der Waals surface area contributed by atoms with E-state index < -0.39 is 6.10 Å². The Morgan fingerprint density at radius 1 is 1.44 bits per heavy atom. The lowest BCUT2D eigenvalue weighted by atomic mass is 10.00. The number of nitrogens with zero attached hydrogens (tertiary/aromatic N) is 2. The summed E-state index contributed by atoms with van der Waals surface area (Å²) in [5, 5.41) is 14.9. The lowest BCUT2D eigenvalue weighted by Crippen LogP contribution is -2.01. The fraction of sp³-hybridized carbons (Fsp3) is 0.250. The fourth-order valence-corrected chi connectivity index (χ4v) is 1.85. The third kappa shape index (κ3) is 2.10. The first kappa shape index (κ1) is 11.2. The standard InChI is InChI=1S/C12H13ClN2O/c1-8-3-4-10(13)5-11(8)12(16)9-6-14-15(2)7-9/h3-7,12,16H,1-2H3. The van der Waals surface area contributed by atoms with Gasteiger partial charge in [-0.15, -0.1) is 0 Å². The molecule has 0 aliphatic carbocycles. The number of aromatic nitrogens is 2. The van der Waals surface area contributed by atoms with Crippen molar-refractivity contribution >= 4 is 11.6 Å². The van der Waals surface area contributed by atoms with Crippen molar-refractivity contribution < 1.29 is 5.11 Å². The van der Waals surface area contributed by atoms with Crippen molar-refractivity contribution in [1.29, 1.82) is 0 Å². The first-order chi connectivity index (χ1) is 7.58. The van der Waals surface area contributed by atoms with E-state index >= 15 is 0 Å². The average molecular weight is 237 g/mol. The summed E-state index contributed by atoms with van der Waals surface area (Å²) in [6.45, 7) is 1.95. The van der Waals surface area contributed by atoms with Gasteiger partial charge in [-0.25, -0.2) is 0 Å². The smallest absolute Gasteiger partial charge is 0.107 e. The fourth-order valence-electron chi connectivity index (χ4n) is 1.67. The highest BCUT2D eigenvalue weighted by molar-refractivity contribution is 6.30. The van der Waals surface area contributed by atoms with E-state index in [1.807, 2.05) is 26.1 Å². The summed E-state index contributed by atoms with van der Waals surface area (Å²) in [4.78, 5) is 0. The second-order valence-corrected chi connectivity index (χ2v) is 4.29. The molecule has 0 amide bonds. The van der Waals surface area contributed by atoms with Crippen molar-refractivity contribution in [2.45, 2.75) is 13.0 Å². The largest absolute Gasteiger partial charge is 0.384 e. The summed E-state index contributed by atoms with van der Waals surface area (Å²) < 4.78 is 1.67. The lowest BCUT2D eigenvalue weighted by Gasteiger charge is -2.12. The number of aliphatic hydroxyl groups is 1. The minimum atomic E-state index is -0.674. The van der Waals surface area contributed by atoms with Crippen LogP contribution in [0.2, 0.25) is 5.02 Å². The van der Waals surface area contributed by atoms with Gasteiger partial charge in [0.2, 0.25) is 0 Å². The molecule has 0 spiro atoms. The van der Waals surface area contributed by atoms with E-state index in [1.54, 1.807) is 23.1 Å². The predicted octanol–water partition coefficient (Wildman–Crippen LogP) is 2.46. The molecular weight excluding hydrogens is 224 g/mol. The molecule has 0 fully saturated rings. The second-order valence-electron chi connectivity index (χ2n) is 3.85. The van der Waals surface area contributed by atoms with Gasteiger partial charge in [0.25, 0.3) is 0 Å². The Balaban J connectivity index is 2.40. The van der Waals surface area contributed by atoms with Crippen LogP contribution in [0.1, 0.15) is 22.8 Å². The lowest BCUT2D eigenvalue weighted by molar-refractivity contribution is 0.219. The highest BCUT2D eigenvalue weighted by Gasteiger charge is 2.14. The Morgan fingerprint density at radius 3 is 2.81 bits per heavy atom. The molecule has 2 aromatic rings. The van der Waals surface area contributed by atoms with Gasteiger partial charge in [-0.3, -0.25) is 4.68 Å². The molecule has 0 bridgehead atoms. The summed E-state index contributed by atoms with van der Waals surface area (Å²) in [6, 6.07) is 5.50. The zero-order valence-electron chi connectivity index (χ0n) is 9.18. The zero-order chi connectivity index (χ0) is 11.7. The molecule has 1 aromatic carbocycles. The maximum absolute atomic E-state index is 10.2. The van der Waals surface area contributed by atoms with E-state index in [1.165, 1.54) is 0 Å². The number of benzene rings is 1. The number of aryl methyl sites for hydroxylation is 2. The maximum atomic E-state index is 10.2. The number of hydrogen-bond donors (Lipinski definition) is 1. The van der Waals surface area contributed by atoms with Gasteiger partial charge >= 0.3 is 0 Å². The molecule has 2 rings (SSSR count). The molecule has 0 radical (unpaired) electrons. The summed E-state index contributed by atoms with van der Waals surface area (Å²) >= 11 is 5.92. The molecule has 3 nitrogen and oxygen atoms in total. The third-order valence-corrected chi connectivity index (χ3v) is 2.81. The molecular formula is C12H13ClN2O. The summed E-state index contributed by atoms with van der Waals surface area (Å²) in [7, 11) is 1.82. The summed E-state index contributed by atoms with van der Waals surface area (Å²) in [6.07, 6.45) is 2.78. The first-order valence-electron chi connectivity index (χ1n) is 5.00. The molecule has 1 heterocycles. The molecule has 0 aliphatic heterocycles. The van der Waals surface area contributed by atoms with Crippen molar-refractivity contribution in [1.82, 2.24) is 9.78 Å². The van der Waals surface area contributed by atoms with Crippen LogP contribution in [-0.4, -0.2) is 14.9 Å². The molecule has 1 unspecified atom stereocenters. The first-order valence-corrected chi connectivity index (χ1v) is 5.38. The van der Waals surface area contributed by atoms with E-state index in [4.69, 9.17) is 11.6 Å². The Morgan fingerprint density at radius 2 is 2.19 bits per heavy atom. The minimum Gasteiger partial charge on any atom is -0.384 e. The molecule has 0 saturated carbocycles. The van der Waals surface area contributed by atoms with Gasteiger partial charge in [0.15, 0.2) is 0 Å². The summed E-state index contributed by atoms with van der Waals surface area (Å²) in [5.41, 5.74) is 2.61. The average Bonchev–Trinajstić information content (AvgIpc) is 2.67. The molecule has 84 valence electrons. The van der Waals surface area contributed by atoms with Crippen LogP contribution in [-0.2, 0) is 7.05 Å². The predicted molar refractivity (Wildman–Crippen MR) is 63.5 cm³/mol. The maximum Gasteiger partial charge on any atom is 0.107 e. The molecule has 1 N–H and O–H groups in total. The second kappa shape index (κ2) is 4.28. The van der Waals surface area contributed by atoms with Crippen LogP contribution >= 0.6 is 11.6 Å². The van der Waals surface area contributed by atoms with Gasteiger partial charge in [-0.2, -0.15) is 5.10 Å². The number of hydrogen-bond acceptors (Lipinski definition) is 2. The van der Waals surface area contributed by atoms with Gasteiger partial charge in [0.1, 0.15) is 6.10 Å². The highest BCUT2D eigenvalue weighted by atomic mass is 35.5. The monoisotopic (exact) mass is 236 g/mol. The molecule has 1 aromatic heterocycles. The SMILES string of the molecule is Cc1ccc(Cl)cc1C(O)c1cnn(C)c1. The van der Waals surface area contributed by atoms with Crippen LogP contribution in [0.25, 0.3) is 0 Å². The molecule has 16 heavy (non-hydrogen) atoms. The van der Waals surface area contributed by atoms with Crippen molar-refractivity contribution in [2.24, 2.45) is 7.05 Å². The van der Waals surface area contributed by atoms with Crippen molar-refractivity contribution in [2.75, 3.05) is 0 Å². The molecule has 4 heteroatoms. The van der Waals surface area contributed by atoms with Gasteiger partial charge < -0.3 is 5.11 Å². The summed E-state index contributed by atoms with van der Waals surface area (Å²) in [5.74, 6) is 0.